The number of nitrogens with zero attached hydrogens (tertiary/aromatic N) is 1. The van der Waals surface area contributed by atoms with E-state index in [4.69, 9.17) is 9.47 Å². The highest BCUT2D eigenvalue weighted by molar-refractivity contribution is 5.93. The number of carbonyl (C=O) groups is 1. The van der Waals surface area contributed by atoms with Crippen molar-refractivity contribution in [3.05, 3.63) is 58.0 Å². The number of amides is 1. The number of carbonyl (C=O) groups excluding carboxylic acids is 1. The van der Waals surface area contributed by atoms with Gasteiger partial charge in [0.2, 0.25) is 5.56 Å². The molecule has 0 saturated heterocycles. The molecule has 6 heteroatoms. The summed E-state index contributed by atoms with van der Waals surface area (Å²) in [4.78, 5) is 23.6. The maximum Gasteiger partial charge on any atom is 0.252 e. The zero-order chi connectivity index (χ0) is 17.1. The van der Waals surface area contributed by atoms with E-state index < -0.39 is 0 Å². The Balaban J connectivity index is 1.60. The van der Waals surface area contributed by atoms with E-state index in [0.717, 1.165) is 23.5 Å². The largest absolute Gasteiger partial charge is 0.497 e. The van der Waals surface area contributed by atoms with E-state index in [-0.39, 0.29) is 17.4 Å². The second-order valence-corrected chi connectivity index (χ2v) is 5.93. The van der Waals surface area contributed by atoms with Crippen LogP contribution in [0.15, 0.2) is 41.3 Å². The van der Waals surface area contributed by atoms with E-state index in [1.165, 1.54) is 22.9 Å². The van der Waals surface area contributed by atoms with Crippen molar-refractivity contribution in [3.8, 4) is 11.5 Å². The van der Waals surface area contributed by atoms with Crippen molar-refractivity contribution in [1.29, 1.82) is 0 Å². The first-order chi connectivity index (χ1) is 11.6. The summed E-state index contributed by atoms with van der Waals surface area (Å²) in [5.74, 6) is 1.64. The summed E-state index contributed by atoms with van der Waals surface area (Å²) in [7, 11) is 3.25. The van der Waals surface area contributed by atoms with Crippen LogP contribution in [-0.4, -0.2) is 30.7 Å². The molecule has 0 aliphatic carbocycles. The molecule has 1 atom stereocenters. The molecule has 126 valence electrons. The van der Waals surface area contributed by atoms with E-state index in [1.807, 2.05) is 18.2 Å². The Morgan fingerprint density at radius 2 is 2.21 bits per heavy atom. The molecule has 0 bridgehead atoms. The van der Waals surface area contributed by atoms with Crippen molar-refractivity contribution in [3.63, 3.8) is 0 Å². The average Bonchev–Trinajstić information content (AvgIpc) is 2.61. The van der Waals surface area contributed by atoms with Crippen LogP contribution in [0, 0.1) is 5.92 Å². The van der Waals surface area contributed by atoms with E-state index in [9.17, 15) is 9.59 Å². The number of aryl methyl sites for hydroxylation is 1. The van der Waals surface area contributed by atoms with Crippen LogP contribution < -0.4 is 20.3 Å². The Labute approximate surface area is 140 Å². The zero-order valence-corrected chi connectivity index (χ0v) is 13.7. The molecule has 3 rings (SSSR count). The zero-order valence-electron chi connectivity index (χ0n) is 13.7. The van der Waals surface area contributed by atoms with Gasteiger partial charge >= 0.3 is 0 Å². The number of benzene rings is 1. The lowest BCUT2D eigenvalue weighted by molar-refractivity contribution is 0.0938. The van der Waals surface area contributed by atoms with E-state index >= 15 is 0 Å². The third-order valence-corrected chi connectivity index (χ3v) is 4.16. The highest BCUT2D eigenvalue weighted by Crippen LogP contribution is 2.30. The Kier molecular flexibility index (Phi) is 4.55. The van der Waals surface area contributed by atoms with Crippen molar-refractivity contribution in [1.82, 2.24) is 9.88 Å². The summed E-state index contributed by atoms with van der Waals surface area (Å²) in [6.45, 7) is 1.07. The summed E-state index contributed by atoms with van der Waals surface area (Å²) >= 11 is 0. The highest BCUT2D eigenvalue weighted by Gasteiger charge is 2.21. The minimum absolute atomic E-state index is 0.140. The van der Waals surface area contributed by atoms with Crippen LogP contribution in [-0.2, 0) is 13.5 Å². The lowest BCUT2D eigenvalue weighted by atomic mass is 9.96. The lowest BCUT2D eigenvalue weighted by Crippen LogP contribution is -2.35. The van der Waals surface area contributed by atoms with Gasteiger partial charge in [-0.1, -0.05) is 6.07 Å². The summed E-state index contributed by atoms with van der Waals surface area (Å²) < 4.78 is 12.4. The normalized spacial score (nSPS) is 16.0. The molecule has 1 aliphatic rings. The molecule has 2 heterocycles. The molecule has 6 nitrogen and oxygen atoms in total. The number of ether oxygens (including phenoxy) is 2. The van der Waals surface area contributed by atoms with Gasteiger partial charge in [0.25, 0.3) is 5.91 Å². The van der Waals surface area contributed by atoms with Crippen molar-refractivity contribution in [2.24, 2.45) is 13.0 Å². The van der Waals surface area contributed by atoms with Crippen molar-refractivity contribution >= 4 is 5.91 Å². The van der Waals surface area contributed by atoms with Crippen molar-refractivity contribution in [2.45, 2.75) is 6.42 Å². The van der Waals surface area contributed by atoms with Gasteiger partial charge in [0.15, 0.2) is 0 Å². The number of methoxy groups -OCH3 is 1. The number of hydrogen-bond acceptors (Lipinski definition) is 4. The molecule has 0 radical (unpaired) electrons. The summed E-state index contributed by atoms with van der Waals surface area (Å²) in [5.41, 5.74) is 1.45. The molecule has 2 aromatic rings. The molecule has 1 aromatic heterocycles. The predicted molar refractivity (Wildman–Crippen MR) is 89.7 cm³/mol. The molecule has 0 fully saturated rings. The second-order valence-electron chi connectivity index (χ2n) is 5.93. The van der Waals surface area contributed by atoms with E-state index in [0.29, 0.717) is 18.7 Å². The fraction of sp³-hybridized carbons (Fsp3) is 0.333. The van der Waals surface area contributed by atoms with Gasteiger partial charge in [-0.25, -0.2) is 0 Å². The van der Waals surface area contributed by atoms with Gasteiger partial charge in [0.1, 0.15) is 11.5 Å². The van der Waals surface area contributed by atoms with Crippen LogP contribution >= 0.6 is 0 Å². The highest BCUT2D eigenvalue weighted by atomic mass is 16.5. The van der Waals surface area contributed by atoms with E-state index in [1.54, 1.807) is 14.2 Å². The van der Waals surface area contributed by atoms with Crippen LogP contribution in [0.1, 0.15) is 15.9 Å². The SMILES string of the molecule is COc1ccc2c(c1)OCC(CNC(=O)c1ccc(=O)n(C)c1)C2. The Morgan fingerprint density at radius 1 is 1.38 bits per heavy atom. The summed E-state index contributed by atoms with van der Waals surface area (Å²) in [5, 5.41) is 2.91. The van der Waals surface area contributed by atoms with Crippen LogP contribution in [0.25, 0.3) is 0 Å². The second kappa shape index (κ2) is 6.78. The van der Waals surface area contributed by atoms with Crippen molar-refractivity contribution in [2.75, 3.05) is 20.3 Å². The first-order valence-electron chi connectivity index (χ1n) is 7.81. The number of rotatable bonds is 4. The van der Waals surface area contributed by atoms with Crippen LogP contribution in [0.4, 0.5) is 0 Å². The minimum Gasteiger partial charge on any atom is -0.497 e. The van der Waals surface area contributed by atoms with Crippen LogP contribution in [0.3, 0.4) is 0 Å². The number of fused-ring (bicyclic) bond motifs is 1. The first kappa shape index (κ1) is 16.1. The van der Waals surface area contributed by atoms with Gasteiger partial charge in [-0.3, -0.25) is 9.59 Å². The number of nitrogens with one attached hydrogen (secondary N) is 1. The molecule has 0 spiro atoms. The van der Waals surface area contributed by atoms with E-state index in [2.05, 4.69) is 5.32 Å². The summed E-state index contributed by atoms with van der Waals surface area (Å²) in [6.07, 6.45) is 2.38. The quantitative estimate of drug-likeness (QED) is 0.920. The molecular formula is C18H20N2O4. The Hall–Kier alpha value is -2.76. The van der Waals surface area contributed by atoms with Crippen LogP contribution in [0.5, 0.6) is 11.5 Å². The summed E-state index contributed by atoms with van der Waals surface area (Å²) in [6, 6.07) is 8.72. The molecule has 1 aliphatic heterocycles. The number of pyridine rings is 1. The third kappa shape index (κ3) is 3.42. The number of hydrogen-bond donors (Lipinski definition) is 1. The topological polar surface area (TPSA) is 69.6 Å². The van der Waals surface area contributed by atoms with Gasteiger partial charge in [0, 0.05) is 37.8 Å². The smallest absolute Gasteiger partial charge is 0.252 e. The Bertz CT molecular complexity index is 813. The fourth-order valence-electron chi connectivity index (χ4n) is 2.74. The minimum atomic E-state index is -0.189. The fourth-order valence-corrected chi connectivity index (χ4v) is 2.74. The van der Waals surface area contributed by atoms with Crippen molar-refractivity contribution < 1.29 is 14.3 Å². The van der Waals surface area contributed by atoms with Gasteiger partial charge in [-0.15, -0.1) is 0 Å². The van der Waals surface area contributed by atoms with Gasteiger partial charge in [-0.05, 0) is 24.1 Å². The van der Waals surface area contributed by atoms with Gasteiger partial charge < -0.3 is 19.4 Å². The molecule has 1 unspecified atom stereocenters. The number of aromatic nitrogens is 1. The average molecular weight is 328 g/mol. The molecule has 1 amide bonds. The third-order valence-electron chi connectivity index (χ3n) is 4.16. The van der Waals surface area contributed by atoms with Gasteiger partial charge in [0.05, 0.1) is 19.3 Å². The molecule has 0 saturated carbocycles. The first-order valence-corrected chi connectivity index (χ1v) is 7.81. The predicted octanol–water partition coefficient (Wildman–Crippen LogP) is 1.37. The van der Waals surface area contributed by atoms with Crippen LogP contribution in [0.2, 0.25) is 0 Å². The molecular weight excluding hydrogens is 308 g/mol. The monoisotopic (exact) mass is 328 g/mol. The lowest BCUT2D eigenvalue weighted by Gasteiger charge is -2.25. The maximum atomic E-state index is 12.2. The molecule has 1 N–H and O–H groups in total. The standard InChI is InChI=1S/C18H20N2O4/c1-20-10-14(4-6-17(20)21)18(22)19-9-12-7-13-3-5-15(23-2)8-16(13)24-11-12/h3-6,8,10,12H,7,9,11H2,1-2H3,(H,19,22). The molecule has 24 heavy (non-hydrogen) atoms. The maximum absolute atomic E-state index is 12.2. The molecule has 1 aromatic carbocycles. The Morgan fingerprint density at radius 3 is 2.96 bits per heavy atom. The van der Waals surface area contributed by atoms with Gasteiger partial charge in [-0.2, -0.15) is 0 Å².